The van der Waals surface area contributed by atoms with Crippen LogP contribution in [0.1, 0.15) is 330 Å². The minimum atomic E-state index is -4.94. The van der Waals surface area contributed by atoms with Gasteiger partial charge in [-0.1, -0.05) is 279 Å². The summed E-state index contributed by atoms with van der Waals surface area (Å²) >= 11 is 0. The van der Waals surface area contributed by atoms with Crippen LogP contribution in [0.5, 0.6) is 0 Å². The monoisotopic (exact) mass is 1240 g/mol. The van der Waals surface area contributed by atoms with Gasteiger partial charge in [0, 0.05) is 25.7 Å². The van der Waals surface area contributed by atoms with E-state index in [1.54, 1.807) is 0 Å². The Hall–Kier alpha value is -1.94. The number of aliphatic hydroxyl groups is 1. The normalized spacial score (nSPS) is 14.2. The maximum Gasteiger partial charge on any atom is 0.472 e. The van der Waals surface area contributed by atoms with E-state index in [4.69, 9.17) is 37.0 Å². The number of rotatable bonds is 65. The quantitative estimate of drug-likeness (QED) is 0.0222. The second kappa shape index (κ2) is 58.7. The molecule has 0 fully saturated rings. The van der Waals surface area contributed by atoms with Gasteiger partial charge in [-0.05, 0) is 31.6 Å². The van der Waals surface area contributed by atoms with E-state index < -0.39 is 97.5 Å². The van der Waals surface area contributed by atoms with Crippen molar-refractivity contribution in [3.63, 3.8) is 0 Å². The van der Waals surface area contributed by atoms with Gasteiger partial charge in [0.1, 0.15) is 19.3 Å². The van der Waals surface area contributed by atoms with Crippen molar-refractivity contribution >= 4 is 39.5 Å². The van der Waals surface area contributed by atoms with Gasteiger partial charge in [0.15, 0.2) is 12.2 Å². The van der Waals surface area contributed by atoms with E-state index in [1.165, 1.54) is 154 Å². The number of phosphoric ester groups is 2. The first kappa shape index (κ1) is 82.1. The molecule has 0 radical (unpaired) electrons. The molecule has 0 aromatic rings. The molecule has 5 atom stereocenters. The van der Waals surface area contributed by atoms with Crippen LogP contribution >= 0.6 is 15.6 Å². The molecule has 2 unspecified atom stereocenters. The maximum absolute atomic E-state index is 13.0. The standard InChI is InChI=1S/C65H126O17P2/c1-6-9-12-15-18-21-24-30-34-39-44-49-63(68)76-55-61(82-65(70)51-46-41-36-31-26-23-25-28-32-37-42-47-58(4)5)57-80-84(73,74)78-53-59(66)52-77-83(71,72)79-56-60(54-75-62(67)48-43-38-33-27-20-17-14-11-8-3)81-64(69)50-45-40-35-29-22-19-16-13-10-7-2/h58-61,66H,6-57H2,1-5H3,(H,71,72)(H,73,74)/t59-,60+,61+/m0/s1. The zero-order chi connectivity index (χ0) is 62.0. The molecule has 17 nitrogen and oxygen atoms in total. The van der Waals surface area contributed by atoms with Gasteiger partial charge in [-0.2, -0.15) is 0 Å². The van der Waals surface area contributed by atoms with Crippen LogP contribution in [0.4, 0.5) is 0 Å². The summed E-state index contributed by atoms with van der Waals surface area (Å²) in [5.41, 5.74) is 0. The molecule has 0 rings (SSSR count). The lowest BCUT2D eigenvalue weighted by atomic mass is 10.0. The number of aliphatic hydroxyl groups excluding tert-OH is 1. The summed E-state index contributed by atoms with van der Waals surface area (Å²) in [7, 11) is -9.88. The summed E-state index contributed by atoms with van der Waals surface area (Å²) in [6.07, 6.45) is 42.9. The van der Waals surface area contributed by atoms with Crippen molar-refractivity contribution in [2.75, 3.05) is 39.6 Å². The van der Waals surface area contributed by atoms with Gasteiger partial charge in [0.2, 0.25) is 0 Å². The molecule has 0 saturated carbocycles. The molecular formula is C65H126O17P2. The minimum Gasteiger partial charge on any atom is -0.462 e. The second-order valence-corrected chi connectivity index (χ2v) is 26.9. The Morgan fingerprint density at radius 3 is 0.810 bits per heavy atom. The topological polar surface area (TPSA) is 237 Å². The highest BCUT2D eigenvalue weighted by atomic mass is 31.2. The van der Waals surface area contributed by atoms with E-state index in [0.717, 1.165) is 95.8 Å². The first-order chi connectivity index (χ1) is 40.5. The molecule has 84 heavy (non-hydrogen) atoms. The predicted molar refractivity (Wildman–Crippen MR) is 335 cm³/mol. The number of unbranched alkanes of at least 4 members (excludes halogenated alkanes) is 37. The molecule has 0 heterocycles. The van der Waals surface area contributed by atoms with Crippen LogP contribution in [-0.2, 0) is 65.4 Å². The molecule has 0 bridgehead atoms. The first-order valence-corrected chi connectivity index (χ1v) is 37.1. The van der Waals surface area contributed by atoms with E-state index in [1.807, 2.05) is 0 Å². The number of carbonyl (C=O) groups is 4. The molecule has 0 aromatic carbocycles. The zero-order valence-corrected chi connectivity index (χ0v) is 55.8. The fourth-order valence-corrected chi connectivity index (χ4v) is 11.3. The van der Waals surface area contributed by atoms with Gasteiger partial charge < -0.3 is 33.8 Å². The molecule has 0 aliphatic carbocycles. The molecule has 0 aliphatic rings. The van der Waals surface area contributed by atoms with Gasteiger partial charge >= 0.3 is 39.5 Å². The van der Waals surface area contributed by atoms with Crippen LogP contribution in [0.2, 0.25) is 0 Å². The maximum atomic E-state index is 13.0. The Balaban J connectivity index is 5.23. The summed E-state index contributed by atoms with van der Waals surface area (Å²) in [6, 6.07) is 0. The molecule has 498 valence electrons. The van der Waals surface area contributed by atoms with E-state index in [9.17, 15) is 43.2 Å². The van der Waals surface area contributed by atoms with E-state index in [2.05, 4.69) is 34.6 Å². The lowest BCUT2D eigenvalue weighted by Crippen LogP contribution is -2.30. The Bertz CT molecular complexity index is 1640. The Kier molecular flexibility index (Phi) is 57.4. The van der Waals surface area contributed by atoms with Gasteiger partial charge in [0.05, 0.1) is 26.4 Å². The molecule has 0 amide bonds. The number of carbonyl (C=O) groups excluding carboxylic acids is 4. The van der Waals surface area contributed by atoms with Crippen LogP contribution in [0, 0.1) is 5.92 Å². The highest BCUT2D eigenvalue weighted by molar-refractivity contribution is 7.47. The average molecular weight is 1240 g/mol. The summed E-state index contributed by atoms with van der Waals surface area (Å²) in [6.45, 7) is 7.18. The molecule has 3 N–H and O–H groups in total. The van der Waals surface area contributed by atoms with Crippen LogP contribution < -0.4 is 0 Å². The Morgan fingerprint density at radius 1 is 0.321 bits per heavy atom. The van der Waals surface area contributed by atoms with Crippen molar-refractivity contribution in [2.45, 2.75) is 348 Å². The molecule has 19 heteroatoms. The fraction of sp³-hybridized carbons (Fsp3) is 0.938. The highest BCUT2D eigenvalue weighted by Gasteiger charge is 2.30. The zero-order valence-electron chi connectivity index (χ0n) is 54.0. The van der Waals surface area contributed by atoms with Gasteiger partial charge in [0.25, 0.3) is 0 Å². The third-order valence-corrected chi connectivity index (χ3v) is 16.9. The molecule has 0 aliphatic heterocycles. The van der Waals surface area contributed by atoms with Crippen LogP contribution in [0.25, 0.3) is 0 Å². The van der Waals surface area contributed by atoms with Gasteiger partial charge in [-0.15, -0.1) is 0 Å². The van der Waals surface area contributed by atoms with Crippen LogP contribution in [-0.4, -0.2) is 96.7 Å². The smallest absolute Gasteiger partial charge is 0.462 e. The summed E-state index contributed by atoms with van der Waals surface area (Å²) in [5.74, 6) is -1.37. The number of esters is 4. The Labute approximate surface area is 511 Å². The van der Waals surface area contributed by atoms with Crippen LogP contribution in [0.3, 0.4) is 0 Å². The van der Waals surface area contributed by atoms with Crippen molar-refractivity contribution in [1.82, 2.24) is 0 Å². The third kappa shape index (κ3) is 59.0. The minimum absolute atomic E-state index is 0.106. The van der Waals surface area contributed by atoms with E-state index in [0.29, 0.717) is 25.7 Å². The number of phosphoric acid groups is 2. The Morgan fingerprint density at radius 2 is 0.548 bits per heavy atom. The summed E-state index contributed by atoms with van der Waals surface area (Å²) in [4.78, 5) is 72.2. The highest BCUT2D eigenvalue weighted by Crippen LogP contribution is 2.45. The van der Waals surface area contributed by atoms with Gasteiger partial charge in [-0.3, -0.25) is 37.3 Å². The number of hydrogen-bond donors (Lipinski definition) is 3. The van der Waals surface area contributed by atoms with Crippen molar-refractivity contribution in [3.05, 3.63) is 0 Å². The van der Waals surface area contributed by atoms with Crippen molar-refractivity contribution in [2.24, 2.45) is 5.92 Å². The van der Waals surface area contributed by atoms with E-state index >= 15 is 0 Å². The second-order valence-electron chi connectivity index (χ2n) is 24.0. The molecular weight excluding hydrogens is 1110 g/mol. The lowest BCUT2D eigenvalue weighted by molar-refractivity contribution is -0.161. The van der Waals surface area contributed by atoms with Crippen molar-refractivity contribution in [3.8, 4) is 0 Å². The summed E-state index contributed by atoms with van der Waals surface area (Å²) < 4.78 is 68.0. The van der Waals surface area contributed by atoms with Gasteiger partial charge in [-0.25, -0.2) is 9.13 Å². The largest absolute Gasteiger partial charge is 0.472 e. The average Bonchev–Trinajstić information content (AvgIpc) is 3.59. The number of ether oxygens (including phenoxy) is 4. The first-order valence-electron chi connectivity index (χ1n) is 34.1. The predicted octanol–water partition coefficient (Wildman–Crippen LogP) is 18.2. The molecule has 0 aromatic heterocycles. The molecule has 0 saturated heterocycles. The van der Waals surface area contributed by atoms with Crippen molar-refractivity contribution in [1.29, 1.82) is 0 Å². The van der Waals surface area contributed by atoms with Crippen molar-refractivity contribution < 1.29 is 80.2 Å². The fourth-order valence-electron chi connectivity index (χ4n) is 9.76. The number of hydrogen-bond acceptors (Lipinski definition) is 15. The summed E-state index contributed by atoms with van der Waals surface area (Å²) in [5, 5.41) is 10.5. The SMILES string of the molecule is CCCCCCCCCCCCCC(=O)OC[C@H](COP(=O)(O)OC[C@@H](O)COP(=O)(O)OC[C@@H](COC(=O)CCCCCCCCCCC)OC(=O)CCCCCCCCCCCC)OC(=O)CCCCCCCCCCCCCC(C)C. The lowest BCUT2D eigenvalue weighted by Gasteiger charge is -2.21. The third-order valence-electron chi connectivity index (χ3n) is 15.0. The van der Waals surface area contributed by atoms with Crippen LogP contribution in [0.15, 0.2) is 0 Å². The van der Waals surface area contributed by atoms with E-state index in [-0.39, 0.29) is 25.7 Å². The molecule has 0 spiro atoms.